The fourth-order valence-electron chi connectivity index (χ4n) is 4.51. The molecule has 0 aromatic rings. The van der Waals surface area contributed by atoms with E-state index in [0.29, 0.717) is 0 Å². The van der Waals surface area contributed by atoms with E-state index in [-0.39, 0.29) is 12.1 Å². The summed E-state index contributed by atoms with van der Waals surface area (Å²) in [6, 6.07) is 0.289. The fourth-order valence-corrected chi connectivity index (χ4v) is 4.51. The highest BCUT2D eigenvalue weighted by Gasteiger charge is 2.44. The summed E-state index contributed by atoms with van der Waals surface area (Å²) >= 11 is 0. The van der Waals surface area contributed by atoms with Crippen LogP contribution in [0.5, 0.6) is 0 Å². The molecule has 4 nitrogen and oxygen atoms in total. The van der Waals surface area contributed by atoms with Gasteiger partial charge >= 0.3 is 0 Å². The maximum absolute atomic E-state index is 10.8. The average Bonchev–Trinajstić information content (AvgIpc) is 2.49. The monoisotopic (exact) mass is 282 g/mol. The van der Waals surface area contributed by atoms with E-state index in [1.54, 1.807) is 0 Å². The van der Waals surface area contributed by atoms with E-state index < -0.39 is 11.2 Å². The molecular formula is C16H30N2O2. The van der Waals surface area contributed by atoms with Crippen LogP contribution in [0.2, 0.25) is 0 Å². The Labute approximate surface area is 122 Å². The summed E-state index contributed by atoms with van der Waals surface area (Å²) in [5, 5.41) is 21.6. The molecule has 0 aromatic carbocycles. The number of nitrogens with one attached hydrogen (secondary N) is 2. The lowest BCUT2D eigenvalue weighted by Gasteiger charge is -2.47. The summed E-state index contributed by atoms with van der Waals surface area (Å²) in [6.07, 6.45) is 12.7. The topological polar surface area (TPSA) is 64.5 Å². The van der Waals surface area contributed by atoms with Gasteiger partial charge in [-0.1, -0.05) is 38.5 Å². The maximum atomic E-state index is 10.8. The van der Waals surface area contributed by atoms with Crippen molar-refractivity contribution in [2.45, 2.75) is 100 Å². The summed E-state index contributed by atoms with van der Waals surface area (Å²) in [7, 11) is 0. The first-order chi connectivity index (χ1) is 9.62. The van der Waals surface area contributed by atoms with E-state index in [1.165, 1.54) is 12.8 Å². The van der Waals surface area contributed by atoms with Gasteiger partial charge in [0.05, 0.1) is 23.3 Å². The highest BCUT2D eigenvalue weighted by atomic mass is 16.3. The molecule has 20 heavy (non-hydrogen) atoms. The third-order valence-electron chi connectivity index (χ3n) is 5.91. The smallest absolute Gasteiger partial charge is 0.0813 e. The van der Waals surface area contributed by atoms with Gasteiger partial charge in [-0.05, 0) is 38.5 Å². The molecule has 1 aliphatic heterocycles. The van der Waals surface area contributed by atoms with Crippen LogP contribution in [0.25, 0.3) is 0 Å². The minimum Gasteiger partial charge on any atom is -0.388 e. The second-order valence-electron chi connectivity index (χ2n) is 7.30. The van der Waals surface area contributed by atoms with Crippen molar-refractivity contribution >= 4 is 0 Å². The van der Waals surface area contributed by atoms with Crippen molar-refractivity contribution < 1.29 is 10.2 Å². The third kappa shape index (κ3) is 2.89. The van der Waals surface area contributed by atoms with E-state index in [9.17, 15) is 10.2 Å². The molecule has 116 valence electrons. The molecular weight excluding hydrogens is 252 g/mol. The highest BCUT2D eigenvalue weighted by Crippen LogP contribution is 2.37. The standard InChI is InChI=1S/C16H30N2O2/c19-15(9-3-1-4-10-15)13-7-8-14(18-17-13)16(20)11-5-2-6-12-16/h13-14,17-20H,1-12H2. The van der Waals surface area contributed by atoms with Crippen molar-refractivity contribution in [3.8, 4) is 0 Å². The lowest BCUT2D eigenvalue weighted by Crippen LogP contribution is -2.66. The molecule has 4 heteroatoms. The zero-order valence-electron chi connectivity index (χ0n) is 12.5. The molecule has 0 radical (unpaired) electrons. The average molecular weight is 282 g/mol. The first-order valence-electron chi connectivity index (χ1n) is 8.58. The normalized spacial score (nSPS) is 37.5. The van der Waals surface area contributed by atoms with Crippen molar-refractivity contribution in [1.29, 1.82) is 0 Å². The van der Waals surface area contributed by atoms with E-state index in [4.69, 9.17) is 0 Å². The quantitative estimate of drug-likeness (QED) is 0.625. The number of hydrazine groups is 1. The Morgan fingerprint density at radius 2 is 0.950 bits per heavy atom. The Kier molecular flexibility index (Phi) is 4.37. The van der Waals surface area contributed by atoms with E-state index in [1.807, 2.05) is 0 Å². The molecule has 1 heterocycles. The molecule has 4 N–H and O–H groups in total. The minimum atomic E-state index is -0.536. The van der Waals surface area contributed by atoms with Crippen molar-refractivity contribution in [3.05, 3.63) is 0 Å². The van der Waals surface area contributed by atoms with E-state index >= 15 is 0 Å². The van der Waals surface area contributed by atoms with Gasteiger partial charge in [-0.2, -0.15) is 0 Å². The fraction of sp³-hybridized carbons (Fsp3) is 1.00. The van der Waals surface area contributed by atoms with Crippen LogP contribution >= 0.6 is 0 Å². The Balaban J connectivity index is 1.56. The summed E-state index contributed by atoms with van der Waals surface area (Å²) < 4.78 is 0. The molecule has 0 bridgehead atoms. The van der Waals surface area contributed by atoms with Gasteiger partial charge in [0, 0.05) is 0 Å². The first-order valence-corrected chi connectivity index (χ1v) is 8.58. The highest BCUT2D eigenvalue weighted by molar-refractivity contribution is 5.00. The predicted octanol–water partition coefficient (Wildman–Crippen LogP) is 2.00. The molecule has 3 fully saturated rings. The third-order valence-corrected chi connectivity index (χ3v) is 5.91. The molecule has 0 amide bonds. The lowest BCUT2D eigenvalue weighted by atomic mass is 9.73. The summed E-state index contributed by atoms with van der Waals surface area (Å²) in [6.45, 7) is 0. The van der Waals surface area contributed by atoms with Gasteiger partial charge in [0.2, 0.25) is 0 Å². The Morgan fingerprint density at radius 1 is 0.600 bits per heavy atom. The van der Waals surface area contributed by atoms with Crippen LogP contribution in [0.15, 0.2) is 0 Å². The van der Waals surface area contributed by atoms with Gasteiger partial charge < -0.3 is 10.2 Å². The SMILES string of the molecule is OC1(C2CCC(C3(O)CCCCC3)NN2)CCCCC1. The van der Waals surface area contributed by atoms with Gasteiger partial charge in [0.25, 0.3) is 0 Å². The summed E-state index contributed by atoms with van der Waals surface area (Å²) in [5.74, 6) is 0. The summed E-state index contributed by atoms with van der Waals surface area (Å²) in [4.78, 5) is 0. The molecule has 1 saturated heterocycles. The van der Waals surface area contributed by atoms with Gasteiger partial charge in [-0.3, -0.25) is 10.9 Å². The molecule has 3 rings (SSSR count). The van der Waals surface area contributed by atoms with Crippen molar-refractivity contribution in [3.63, 3.8) is 0 Å². The molecule has 2 saturated carbocycles. The van der Waals surface area contributed by atoms with Crippen LogP contribution in [0.4, 0.5) is 0 Å². The van der Waals surface area contributed by atoms with Crippen molar-refractivity contribution in [1.82, 2.24) is 10.9 Å². The second-order valence-corrected chi connectivity index (χ2v) is 7.30. The lowest BCUT2D eigenvalue weighted by molar-refractivity contribution is -0.0800. The van der Waals surface area contributed by atoms with Crippen LogP contribution in [0.3, 0.4) is 0 Å². The van der Waals surface area contributed by atoms with Gasteiger partial charge in [0.15, 0.2) is 0 Å². The largest absolute Gasteiger partial charge is 0.388 e. The zero-order valence-corrected chi connectivity index (χ0v) is 12.5. The second kappa shape index (κ2) is 5.91. The van der Waals surface area contributed by atoms with Gasteiger partial charge in [-0.15, -0.1) is 0 Å². The minimum absolute atomic E-state index is 0.145. The van der Waals surface area contributed by atoms with Crippen LogP contribution < -0.4 is 10.9 Å². The number of rotatable bonds is 2. The van der Waals surface area contributed by atoms with Crippen LogP contribution in [0.1, 0.15) is 77.0 Å². The number of hydrogen-bond donors (Lipinski definition) is 4. The Morgan fingerprint density at radius 3 is 1.25 bits per heavy atom. The number of aliphatic hydroxyl groups is 2. The molecule has 2 aliphatic carbocycles. The van der Waals surface area contributed by atoms with Crippen LogP contribution in [-0.4, -0.2) is 33.5 Å². The van der Waals surface area contributed by atoms with Gasteiger partial charge in [0.1, 0.15) is 0 Å². The molecule has 0 aromatic heterocycles. The van der Waals surface area contributed by atoms with E-state index in [0.717, 1.165) is 64.2 Å². The summed E-state index contributed by atoms with van der Waals surface area (Å²) in [5.41, 5.74) is 5.61. The molecule has 2 unspecified atom stereocenters. The van der Waals surface area contributed by atoms with Crippen LogP contribution in [-0.2, 0) is 0 Å². The molecule has 3 aliphatic rings. The predicted molar refractivity (Wildman–Crippen MR) is 79.2 cm³/mol. The Bertz CT molecular complexity index is 282. The number of hydrogen-bond acceptors (Lipinski definition) is 4. The molecule has 2 atom stereocenters. The zero-order chi connectivity index (χ0) is 14.1. The first kappa shape index (κ1) is 14.8. The maximum Gasteiger partial charge on any atom is 0.0813 e. The van der Waals surface area contributed by atoms with Crippen molar-refractivity contribution in [2.75, 3.05) is 0 Å². The van der Waals surface area contributed by atoms with Crippen LogP contribution in [0, 0.1) is 0 Å². The Hall–Kier alpha value is -0.160. The molecule has 0 spiro atoms. The van der Waals surface area contributed by atoms with E-state index in [2.05, 4.69) is 10.9 Å². The van der Waals surface area contributed by atoms with Gasteiger partial charge in [-0.25, -0.2) is 0 Å². The van der Waals surface area contributed by atoms with Crippen molar-refractivity contribution in [2.24, 2.45) is 0 Å².